The second kappa shape index (κ2) is 6.91. The first-order valence-electron chi connectivity index (χ1n) is 7.90. The minimum Gasteiger partial charge on any atom is -0.497 e. The Balaban J connectivity index is 1.86. The van der Waals surface area contributed by atoms with Crippen molar-refractivity contribution in [2.45, 2.75) is 25.4 Å². The normalized spacial score (nSPS) is 13.5. The second-order valence-corrected chi connectivity index (χ2v) is 5.85. The molecule has 0 bridgehead atoms. The largest absolute Gasteiger partial charge is 0.497 e. The summed E-state index contributed by atoms with van der Waals surface area (Å²) in [6.45, 7) is 0.424. The predicted molar refractivity (Wildman–Crippen MR) is 88.8 cm³/mol. The number of benzene rings is 2. The molecule has 0 saturated heterocycles. The van der Waals surface area contributed by atoms with Crippen molar-refractivity contribution in [3.8, 4) is 11.5 Å². The first-order chi connectivity index (χ1) is 11.6. The van der Waals surface area contributed by atoms with Crippen LogP contribution in [0.15, 0.2) is 42.5 Å². The van der Waals surface area contributed by atoms with Crippen LogP contribution in [0.2, 0.25) is 0 Å². The van der Waals surface area contributed by atoms with Gasteiger partial charge in [0.2, 0.25) is 0 Å². The first-order valence-corrected chi connectivity index (χ1v) is 7.90. The molecule has 0 spiro atoms. The molecular formula is C19H20FNO3. The van der Waals surface area contributed by atoms with Crippen molar-refractivity contribution >= 4 is 5.91 Å². The molecule has 0 heterocycles. The van der Waals surface area contributed by atoms with E-state index in [4.69, 9.17) is 9.47 Å². The van der Waals surface area contributed by atoms with E-state index in [-0.39, 0.29) is 11.9 Å². The number of hydrogen-bond acceptors (Lipinski definition) is 3. The molecule has 0 N–H and O–H groups in total. The number of rotatable bonds is 6. The summed E-state index contributed by atoms with van der Waals surface area (Å²) in [5.41, 5.74) is 1.27. The minimum atomic E-state index is -0.404. The van der Waals surface area contributed by atoms with Gasteiger partial charge in [-0.1, -0.05) is 6.07 Å². The minimum absolute atomic E-state index is 0.158. The molecule has 3 rings (SSSR count). The summed E-state index contributed by atoms with van der Waals surface area (Å²) in [6, 6.07) is 11.6. The van der Waals surface area contributed by atoms with Gasteiger partial charge < -0.3 is 14.4 Å². The fourth-order valence-corrected chi connectivity index (χ4v) is 2.71. The number of amides is 1. The third kappa shape index (κ3) is 3.50. The summed E-state index contributed by atoms with van der Waals surface area (Å²) < 4.78 is 24.1. The Morgan fingerprint density at radius 1 is 1.17 bits per heavy atom. The molecular weight excluding hydrogens is 309 g/mol. The number of hydrogen-bond donors (Lipinski definition) is 0. The maximum Gasteiger partial charge on any atom is 0.254 e. The number of ether oxygens (including phenoxy) is 2. The monoisotopic (exact) mass is 329 g/mol. The summed E-state index contributed by atoms with van der Waals surface area (Å²) in [5.74, 6) is 0.811. The summed E-state index contributed by atoms with van der Waals surface area (Å²) in [6.07, 6.45) is 1.94. The molecule has 1 aliphatic carbocycles. The number of carbonyl (C=O) groups excluding carboxylic acids is 1. The summed E-state index contributed by atoms with van der Waals surface area (Å²) >= 11 is 0. The van der Waals surface area contributed by atoms with E-state index in [0.29, 0.717) is 23.6 Å². The molecule has 0 aliphatic heterocycles. The Bertz CT molecular complexity index is 743. The van der Waals surface area contributed by atoms with Gasteiger partial charge in [-0.25, -0.2) is 4.39 Å². The number of methoxy groups -OCH3 is 2. The van der Waals surface area contributed by atoms with Crippen molar-refractivity contribution in [1.82, 2.24) is 4.90 Å². The standard InChI is InChI=1S/C19H20FNO3/c1-23-17-9-6-14(18(11-17)24-2)12-21(16-7-8-16)19(22)13-4-3-5-15(20)10-13/h3-6,9-11,16H,7-8,12H2,1-2H3. The van der Waals surface area contributed by atoms with E-state index in [1.165, 1.54) is 12.1 Å². The van der Waals surface area contributed by atoms with E-state index >= 15 is 0 Å². The molecule has 24 heavy (non-hydrogen) atoms. The molecule has 0 radical (unpaired) electrons. The third-order valence-electron chi connectivity index (χ3n) is 4.16. The Morgan fingerprint density at radius 2 is 1.96 bits per heavy atom. The van der Waals surface area contributed by atoms with Crippen LogP contribution in [0.25, 0.3) is 0 Å². The van der Waals surface area contributed by atoms with E-state index in [0.717, 1.165) is 18.4 Å². The topological polar surface area (TPSA) is 38.8 Å². The lowest BCUT2D eigenvalue weighted by atomic mass is 10.1. The van der Waals surface area contributed by atoms with E-state index in [1.54, 1.807) is 37.3 Å². The van der Waals surface area contributed by atoms with Crippen molar-refractivity contribution < 1.29 is 18.7 Å². The van der Waals surface area contributed by atoms with Crippen molar-refractivity contribution in [3.63, 3.8) is 0 Å². The van der Waals surface area contributed by atoms with Gasteiger partial charge >= 0.3 is 0 Å². The molecule has 2 aromatic rings. The molecule has 0 atom stereocenters. The lowest BCUT2D eigenvalue weighted by Crippen LogP contribution is -2.32. The summed E-state index contributed by atoms with van der Waals surface area (Å²) in [5, 5.41) is 0. The quantitative estimate of drug-likeness (QED) is 0.812. The smallest absolute Gasteiger partial charge is 0.254 e. The van der Waals surface area contributed by atoms with Crippen LogP contribution >= 0.6 is 0 Å². The van der Waals surface area contributed by atoms with Crippen molar-refractivity contribution in [2.75, 3.05) is 14.2 Å². The van der Waals surface area contributed by atoms with E-state index in [1.807, 2.05) is 12.1 Å². The average Bonchev–Trinajstić information content (AvgIpc) is 3.44. The zero-order valence-corrected chi connectivity index (χ0v) is 13.8. The molecule has 2 aromatic carbocycles. The van der Waals surface area contributed by atoms with Crippen LogP contribution in [-0.2, 0) is 6.54 Å². The second-order valence-electron chi connectivity index (χ2n) is 5.85. The van der Waals surface area contributed by atoms with E-state index < -0.39 is 5.82 Å². The van der Waals surface area contributed by atoms with Gasteiger partial charge in [0.25, 0.3) is 5.91 Å². The fraction of sp³-hybridized carbons (Fsp3) is 0.316. The predicted octanol–water partition coefficient (Wildman–Crippen LogP) is 3.65. The summed E-state index contributed by atoms with van der Waals surface area (Å²) in [7, 11) is 3.19. The number of nitrogens with zero attached hydrogens (tertiary/aromatic N) is 1. The van der Waals surface area contributed by atoms with Crippen LogP contribution in [0.3, 0.4) is 0 Å². The van der Waals surface area contributed by atoms with Gasteiger partial charge in [0.05, 0.1) is 14.2 Å². The van der Waals surface area contributed by atoms with Gasteiger partial charge in [0, 0.05) is 29.8 Å². The molecule has 5 heteroatoms. The highest BCUT2D eigenvalue weighted by molar-refractivity contribution is 5.94. The van der Waals surface area contributed by atoms with Gasteiger partial charge in [-0.3, -0.25) is 4.79 Å². The van der Waals surface area contributed by atoms with E-state index in [9.17, 15) is 9.18 Å². The number of halogens is 1. The van der Waals surface area contributed by atoms with Gasteiger partial charge in [-0.15, -0.1) is 0 Å². The molecule has 0 unspecified atom stereocenters. The van der Waals surface area contributed by atoms with Gasteiger partial charge in [0.15, 0.2) is 0 Å². The van der Waals surface area contributed by atoms with E-state index in [2.05, 4.69) is 0 Å². The molecule has 0 aromatic heterocycles. The zero-order chi connectivity index (χ0) is 17.1. The third-order valence-corrected chi connectivity index (χ3v) is 4.16. The van der Waals surface area contributed by atoms with Gasteiger partial charge in [-0.05, 0) is 43.2 Å². The maximum atomic E-state index is 13.4. The lowest BCUT2D eigenvalue weighted by Gasteiger charge is -2.24. The fourth-order valence-electron chi connectivity index (χ4n) is 2.71. The molecule has 1 fully saturated rings. The van der Waals surface area contributed by atoms with Crippen LogP contribution in [-0.4, -0.2) is 31.1 Å². The van der Waals surface area contributed by atoms with Gasteiger partial charge in [0.1, 0.15) is 17.3 Å². The van der Waals surface area contributed by atoms with Crippen LogP contribution < -0.4 is 9.47 Å². The number of carbonyl (C=O) groups is 1. The van der Waals surface area contributed by atoms with Gasteiger partial charge in [-0.2, -0.15) is 0 Å². The summed E-state index contributed by atoms with van der Waals surface area (Å²) in [4.78, 5) is 14.6. The van der Waals surface area contributed by atoms with Crippen molar-refractivity contribution in [3.05, 3.63) is 59.4 Å². The molecule has 4 nitrogen and oxygen atoms in total. The highest BCUT2D eigenvalue weighted by atomic mass is 19.1. The Morgan fingerprint density at radius 3 is 2.58 bits per heavy atom. The lowest BCUT2D eigenvalue weighted by molar-refractivity contribution is 0.0728. The highest BCUT2D eigenvalue weighted by Crippen LogP contribution is 2.33. The maximum absolute atomic E-state index is 13.4. The Kier molecular flexibility index (Phi) is 4.69. The molecule has 1 saturated carbocycles. The molecule has 1 aliphatic rings. The first kappa shape index (κ1) is 16.3. The van der Waals surface area contributed by atoms with Crippen LogP contribution in [0.4, 0.5) is 4.39 Å². The Labute approximate surface area is 140 Å². The molecule has 1 amide bonds. The average molecular weight is 329 g/mol. The van der Waals surface area contributed by atoms with Crippen LogP contribution in [0, 0.1) is 5.82 Å². The Hall–Kier alpha value is -2.56. The van der Waals surface area contributed by atoms with Crippen molar-refractivity contribution in [1.29, 1.82) is 0 Å². The SMILES string of the molecule is COc1ccc(CN(C(=O)c2cccc(F)c2)C2CC2)c(OC)c1. The zero-order valence-electron chi connectivity index (χ0n) is 13.8. The van der Waals surface area contributed by atoms with Crippen LogP contribution in [0.1, 0.15) is 28.8 Å². The van der Waals surface area contributed by atoms with Crippen LogP contribution in [0.5, 0.6) is 11.5 Å². The van der Waals surface area contributed by atoms with Crippen molar-refractivity contribution in [2.24, 2.45) is 0 Å². The highest BCUT2D eigenvalue weighted by Gasteiger charge is 2.33. The molecule has 126 valence electrons.